The van der Waals surface area contributed by atoms with E-state index in [2.05, 4.69) is 5.32 Å². The number of hydrogen-bond donors (Lipinski definition) is 2. The van der Waals surface area contributed by atoms with Crippen molar-refractivity contribution in [3.05, 3.63) is 47.5 Å². The third-order valence-electron chi connectivity index (χ3n) is 3.40. The van der Waals surface area contributed by atoms with Crippen LogP contribution in [0, 0.1) is 6.92 Å². The van der Waals surface area contributed by atoms with Crippen LogP contribution in [-0.4, -0.2) is 24.2 Å². The Morgan fingerprint density at radius 3 is 2.68 bits per heavy atom. The van der Waals surface area contributed by atoms with Crippen LogP contribution in [0.25, 0.3) is 0 Å². The summed E-state index contributed by atoms with van der Waals surface area (Å²) in [4.78, 5) is 12.1. The fourth-order valence-corrected chi connectivity index (χ4v) is 2.32. The lowest BCUT2D eigenvalue weighted by Crippen LogP contribution is -2.17. The van der Waals surface area contributed by atoms with Gasteiger partial charge in [0.1, 0.15) is 19.0 Å². The highest BCUT2D eigenvalue weighted by Crippen LogP contribution is 2.31. The fourth-order valence-electron chi connectivity index (χ4n) is 2.32. The van der Waals surface area contributed by atoms with Crippen LogP contribution in [0.15, 0.2) is 36.4 Å². The van der Waals surface area contributed by atoms with E-state index < -0.39 is 0 Å². The third-order valence-corrected chi connectivity index (χ3v) is 3.40. The van der Waals surface area contributed by atoms with Crippen LogP contribution in [0.2, 0.25) is 0 Å². The highest BCUT2D eigenvalue weighted by molar-refractivity contribution is 5.93. The lowest BCUT2D eigenvalue weighted by molar-refractivity contribution is -0.115. The van der Waals surface area contributed by atoms with Gasteiger partial charge in [0.25, 0.3) is 0 Å². The number of phenols is 1. The number of carbonyl (C=O) groups is 1. The quantitative estimate of drug-likeness (QED) is 0.855. The molecule has 1 heterocycles. The SMILES string of the molecule is Cc1ccc(NC(=O)Cc2ccc3c(c2)OCCO3)c(O)c1. The van der Waals surface area contributed by atoms with E-state index in [1.165, 1.54) is 0 Å². The van der Waals surface area contributed by atoms with E-state index in [0.717, 1.165) is 11.1 Å². The normalized spacial score (nSPS) is 12.8. The number of anilines is 1. The summed E-state index contributed by atoms with van der Waals surface area (Å²) in [6, 6.07) is 10.6. The molecular weight excluding hydrogens is 282 g/mol. The number of aryl methyl sites for hydroxylation is 1. The van der Waals surface area contributed by atoms with Crippen molar-refractivity contribution < 1.29 is 19.4 Å². The molecule has 1 aliphatic heterocycles. The summed E-state index contributed by atoms with van der Waals surface area (Å²) < 4.78 is 10.9. The molecule has 0 bridgehead atoms. The van der Waals surface area contributed by atoms with E-state index in [1.807, 2.05) is 25.1 Å². The first-order valence-corrected chi connectivity index (χ1v) is 7.10. The Morgan fingerprint density at radius 2 is 1.91 bits per heavy atom. The summed E-state index contributed by atoms with van der Waals surface area (Å²) in [5.41, 5.74) is 2.17. The first-order valence-electron chi connectivity index (χ1n) is 7.10. The maximum atomic E-state index is 12.1. The molecule has 5 heteroatoms. The zero-order valence-corrected chi connectivity index (χ0v) is 12.3. The Balaban J connectivity index is 1.69. The van der Waals surface area contributed by atoms with Gasteiger partial charge < -0.3 is 19.9 Å². The molecule has 1 amide bonds. The first kappa shape index (κ1) is 14.3. The van der Waals surface area contributed by atoms with Gasteiger partial charge in [0.05, 0.1) is 12.1 Å². The van der Waals surface area contributed by atoms with E-state index in [9.17, 15) is 9.90 Å². The molecule has 0 fully saturated rings. The second-order valence-electron chi connectivity index (χ2n) is 5.22. The van der Waals surface area contributed by atoms with Gasteiger partial charge in [-0.25, -0.2) is 0 Å². The molecule has 5 nitrogen and oxygen atoms in total. The van der Waals surface area contributed by atoms with Crippen molar-refractivity contribution in [3.63, 3.8) is 0 Å². The van der Waals surface area contributed by atoms with Crippen molar-refractivity contribution in [2.24, 2.45) is 0 Å². The number of carbonyl (C=O) groups excluding carboxylic acids is 1. The van der Waals surface area contributed by atoms with E-state index in [-0.39, 0.29) is 18.1 Å². The summed E-state index contributed by atoms with van der Waals surface area (Å²) in [5.74, 6) is 1.23. The van der Waals surface area contributed by atoms with Crippen molar-refractivity contribution in [2.45, 2.75) is 13.3 Å². The van der Waals surface area contributed by atoms with Crippen LogP contribution in [0.5, 0.6) is 17.2 Å². The summed E-state index contributed by atoms with van der Waals surface area (Å²) >= 11 is 0. The van der Waals surface area contributed by atoms with Crippen LogP contribution in [0.1, 0.15) is 11.1 Å². The number of hydrogen-bond acceptors (Lipinski definition) is 4. The molecule has 0 spiro atoms. The molecule has 0 aromatic heterocycles. The predicted molar refractivity (Wildman–Crippen MR) is 82.6 cm³/mol. The number of ether oxygens (including phenoxy) is 2. The van der Waals surface area contributed by atoms with Crippen molar-refractivity contribution in [1.29, 1.82) is 0 Å². The van der Waals surface area contributed by atoms with Gasteiger partial charge in [-0.2, -0.15) is 0 Å². The molecule has 0 saturated heterocycles. The number of amides is 1. The minimum absolute atomic E-state index is 0.0653. The van der Waals surface area contributed by atoms with Gasteiger partial charge in [-0.1, -0.05) is 12.1 Å². The molecule has 0 aliphatic carbocycles. The topological polar surface area (TPSA) is 67.8 Å². The van der Waals surface area contributed by atoms with Gasteiger partial charge in [-0.15, -0.1) is 0 Å². The Hall–Kier alpha value is -2.69. The van der Waals surface area contributed by atoms with E-state index in [4.69, 9.17) is 9.47 Å². The maximum absolute atomic E-state index is 12.1. The maximum Gasteiger partial charge on any atom is 0.228 e. The number of rotatable bonds is 3. The molecule has 114 valence electrons. The molecule has 1 aliphatic rings. The molecule has 0 saturated carbocycles. The van der Waals surface area contributed by atoms with Crippen molar-refractivity contribution in [1.82, 2.24) is 0 Å². The highest BCUT2D eigenvalue weighted by atomic mass is 16.6. The Labute approximate surface area is 128 Å². The van der Waals surface area contributed by atoms with Gasteiger partial charge in [0.2, 0.25) is 5.91 Å². The molecular formula is C17H17NO4. The van der Waals surface area contributed by atoms with Crippen molar-refractivity contribution in [3.8, 4) is 17.2 Å². The number of aromatic hydroxyl groups is 1. The Kier molecular flexibility index (Phi) is 3.87. The standard InChI is InChI=1S/C17H17NO4/c1-11-2-4-13(14(19)8-11)18-17(20)10-12-3-5-15-16(9-12)22-7-6-21-15/h2-5,8-9,19H,6-7,10H2,1H3,(H,18,20). The monoisotopic (exact) mass is 299 g/mol. The summed E-state index contributed by atoms with van der Waals surface area (Å²) in [6.07, 6.45) is 0.198. The largest absolute Gasteiger partial charge is 0.506 e. The second-order valence-corrected chi connectivity index (χ2v) is 5.22. The van der Waals surface area contributed by atoms with E-state index in [1.54, 1.807) is 18.2 Å². The molecule has 0 unspecified atom stereocenters. The highest BCUT2D eigenvalue weighted by Gasteiger charge is 2.13. The predicted octanol–water partition coefficient (Wildman–Crippen LogP) is 2.65. The van der Waals surface area contributed by atoms with Gasteiger partial charge in [0.15, 0.2) is 11.5 Å². The van der Waals surface area contributed by atoms with E-state index in [0.29, 0.717) is 30.4 Å². The molecule has 22 heavy (non-hydrogen) atoms. The van der Waals surface area contributed by atoms with Crippen molar-refractivity contribution >= 4 is 11.6 Å². The van der Waals surface area contributed by atoms with Crippen LogP contribution >= 0.6 is 0 Å². The van der Waals surface area contributed by atoms with Crippen LogP contribution < -0.4 is 14.8 Å². The molecule has 2 N–H and O–H groups in total. The molecule has 0 atom stereocenters. The lowest BCUT2D eigenvalue weighted by atomic mass is 10.1. The number of nitrogens with one attached hydrogen (secondary N) is 1. The summed E-state index contributed by atoms with van der Waals surface area (Å²) in [6.45, 7) is 2.93. The van der Waals surface area contributed by atoms with Crippen LogP contribution in [-0.2, 0) is 11.2 Å². The third kappa shape index (κ3) is 3.14. The fraction of sp³-hybridized carbons (Fsp3) is 0.235. The van der Waals surface area contributed by atoms with E-state index >= 15 is 0 Å². The Bertz CT molecular complexity index is 712. The molecule has 2 aromatic carbocycles. The minimum atomic E-state index is -0.198. The number of benzene rings is 2. The minimum Gasteiger partial charge on any atom is -0.506 e. The second kappa shape index (κ2) is 5.97. The zero-order chi connectivity index (χ0) is 15.5. The lowest BCUT2D eigenvalue weighted by Gasteiger charge is -2.18. The summed E-state index contributed by atoms with van der Waals surface area (Å²) in [5, 5.41) is 12.5. The smallest absolute Gasteiger partial charge is 0.228 e. The van der Waals surface area contributed by atoms with Gasteiger partial charge in [-0.3, -0.25) is 4.79 Å². The average molecular weight is 299 g/mol. The molecule has 3 rings (SSSR count). The van der Waals surface area contributed by atoms with Crippen LogP contribution in [0.3, 0.4) is 0 Å². The van der Waals surface area contributed by atoms with Crippen LogP contribution in [0.4, 0.5) is 5.69 Å². The first-order chi connectivity index (χ1) is 10.6. The average Bonchev–Trinajstić information content (AvgIpc) is 2.50. The molecule has 2 aromatic rings. The van der Waals surface area contributed by atoms with Gasteiger partial charge in [-0.05, 0) is 42.3 Å². The zero-order valence-electron chi connectivity index (χ0n) is 12.3. The molecule has 0 radical (unpaired) electrons. The summed E-state index contributed by atoms with van der Waals surface area (Å²) in [7, 11) is 0. The van der Waals surface area contributed by atoms with Crippen molar-refractivity contribution in [2.75, 3.05) is 18.5 Å². The number of phenolic OH excluding ortho intramolecular Hbond substituents is 1. The Morgan fingerprint density at radius 1 is 1.14 bits per heavy atom. The number of fused-ring (bicyclic) bond motifs is 1. The van der Waals surface area contributed by atoms with Gasteiger partial charge in [0, 0.05) is 0 Å². The van der Waals surface area contributed by atoms with Gasteiger partial charge >= 0.3 is 0 Å².